The molecule has 2 aliphatic carbocycles. The summed E-state index contributed by atoms with van der Waals surface area (Å²) in [6.07, 6.45) is 4.81. The summed E-state index contributed by atoms with van der Waals surface area (Å²) in [5.41, 5.74) is 7.55. The van der Waals surface area contributed by atoms with Gasteiger partial charge in [0.1, 0.15) is 24.7 Å². The monoisotopic (exact) mass is 902 g/mol. The standard InChI is InChI=1S/C60H62N4O4/c1-39(2)64-36-53(56(64)38-68-48-26-20-41(4)52(34-48)58(66)62-60(30-31-60)55-18-10-14-44-12-6-8-16-50(44)55)45-23-21-42(22-24-45)35-63-32-27-46(63)37-67-47-25-19-40(3)51(33-47)57(65)61-59(28-29-59)54-17-9-13-43-11-5-7-15-49(43)54/h5-26,33-34,39,46,53,56H,27-32,35-38H2,1-4H3,(H,61,65)(H,62,66). The number of hydrogen-bond donors (Lipinski definition) is 2. The zero-order chi connectivity index (χ0) is 46.6. The van der Waals surface area contributed by atoms with Crippen LogP contribution in [0.3, 0.4) is 0 Å². The fourth-order valence-electron chi connectivity index (χ4n) is 11.0. The predicted molar refractivity (Wildman–Crippen MR) is 272 cm³/mol. The average Bonchev–Trinajstić information content (AvgIpc) is 4.29. The predicted octanol–water partition coefficient (Wildman–Crippen LogP) is 11.4. The van der Waals surface area contributed by atoms with Crippen LogP contribution in [0.4, 0.5) is 0 Å². The Morgan fingerprint density at radius 3 is 1.65 bits per heavy atom. The highest BCUT2D eigenvalue weighted by molar-refractivity contribution is 5.98. The number of hydrogen-bond acceptors (Lipinski definition) is 6. The van der Waals surface area contributed by atoms with Crippen molar-refractivity contribution in [1.82, 2.24) is 20.4 Å². The van der Waals surface area contributed by atoms with E-state index in [1.807, 2.05) is 50.2 Å². The summed E-state index contributed by atoms with van der Waals surface area (Å²) in [5.74, 6) is 1.71. The van der Waals surface area contributed by atoms with Gasteiger partial charge in [-0.05, 0) is 139 Å². The first-order chi connectivity index (χ1) is 33.1. The normalized spacial score (nSPS) is 20.3. The number of fused-ring (bicyclic) bond motifs is 2. The van der Waals surface area contributed by atoms with E-state index in [1.165, 1.54) is 43.8 Å². The highest BCUT2D eigenvalue weighted by Gasteiger charge is 2.48. The summed E-state index contributed by atoms with van der Waals surface area (Å²) in [5, 5.41) is 11.6. The van der Waals surface area contributed by atoms with Gasteiger partial charge in [-0.15, -0.1) is 0 Å². The van der Waals surface area contributed by atoms with Crippen LogP contribution < -0.4 is 20.1 Å². The van der Waals surface area contributed by atoms with Crippen LogP contribution in [0.25, 0.3) is 21.5 Å². The molecule has 8 nitrogen and oxygen atoms in total. The Kier molecular flexibility index (Phi) is 11.6. The Morgan fingerprint density at radius 2 is 1.15 bits per heavy atom. The van der Waals surface area contributed by atoms with Crippen LogP contribution >= 0.6 is 0 Å². The lowest BCUT2D eigenvalue weighted by Gasteiger charge is -2.50. The van der Waals surface area contributed by atoms with E-state index in [2.05, 4.69) is 143 Å². The molecule has 2 saturated heterocycles. The van der Waals surface area contributed by atoms with Crippen LogP contribution in [0, 0.1) is 13.8 Å². The fraction of sp³-hybridized carbons (Fsp3) is 0.333. The van der Waals surface area contributed by atoms with Crippen molar-refractivity contribution >= 4 is 33.4 Å². The molecule has 68 heavy (non-hydrogen) atoms. The lowest BCUT2D eigenvalue weighted by molar-refractivity contribution is -0.000335. The summed E-state index contributed by atoms with van der Waals surface area (Å²) in [4.78, 5) is 32.8. The molecule has 7 aromatic rings. The quantitative estimate of drug-likeness (QED) is 0.101. The minimum atomic E-state index is -0.340. The third kappa shape index (κ3) is 8.54. The number of amides is 2. The van der Waals surface area contributed by atoms with Crippen molar-refractivity contribution in [3.8, 4) is 11.5 Å². The maximum Gasteiger partial charge on any atom is 0.252 e. The average molecular weight is 903 g/mol. The fourth-order valence-corrected chi connectivity index (χ4v) is 11.0. The van der Waals surface area contributed by atoms with Crippen LogP contribution in [-0.4, -0.2) is 66.0 Å². The van der Waals surface area contributed by atoms with Crippen molar-refractivity contribution in [2.24, 2.45) is 0 Å². The van der Waals surface area contributed by atoms with Crippen LogP contribution in [0.1, 0.15) is 106 Å². The van der Waals surface area contributed by atoms with E-state index < -0.39 is 0 Å². The van der Waals surface area contributed by atoms with Gasteiger partial charge in [-0.1, -0.05) is 121 Å². The number of likely N-dealkylation sites (tertiary alicyclic amines) is 2. The van der Waals surface area contributed by atoms with Gasteiger partial charge < -0.3 is 20.1 Å². The van der Waals surface area contributed by atoms with Gasteiger partial charge in [0.15, 0.2) is 0 Å². The summed E-state index contributed by atoms with van der Waals surface area (Å²) in [6.45, 7) is 12.5. The number of carbonyl (C=O) groups is 2. The number of nitrogens with zero attached hydrogens (tertiary/aromatic N) is 2. The second-order valence-electron chi connectivity index (χ2n) is 20.3. The molecule has 2 aliphatic heterocycles. The number of rotatable bonds is 16. The molecule has 4 fully saturated rings. The lowest BCUT2D eigenvalue weighted by atomic mass is 9.81. The molecule has 2 saturated carbocycles. The Bertz CT molecular complexity index is 3020. The maximum atomic E-state index is 13.9. The van der Waals surface area contributed by atoms with Gasteiger partial charge >= 0.3 is 0 Å². The first-order valence-electron chi connectivity index (χ1n) is 24.7. The van der Waals surface area contributed by atoms with Gasteiger partial charge in [0, 0.05) is 48.8 Å². The Balaban J connectivity index is 0.690. The largest absolute Gasteiger partial charge is 0.492 e. The van der Waals surface area contributed by atoms with E-state index >= 15 is 0 Å². The van der Waals surface area contributed by atoms with Crippen LogP contribution in [0.15, 0.2) is 146 Å². The molecule has 0 aromatic heterocycles. The molecule has 11 rings (SSSR count). The highest BCUT2D eigenvalue weighted by Crippen LogP contribution is 2.49. The second-order valence-corrected chi connectivity index (χ2v) is 20.3. The van der Waals surface area contributed by atoms with Crippen LogP contribution in [0.5, 0.6) is 11.5 Å². The molecular formula is C60H62N4O4. The van der Waals surface area contributed by atoms with Crippen molar-refractivity contribution in [2.45, 2.75) is 101 Å². The molecule has 2 amide bonds. The zero-order valence-electron chi connectivity index (χ0n) is 39.8. The van der Waals surface area contributed by atoms with E-state index in [0.29, 0.717) is 42.3 Å². The molecule has 7 aromatic carbocycles. The molecule has 3 atom stereocenters. The molecule has 0 radical (unpaired) electrons. The number of nitrogens with one attached hydrogen (secondary N) is 2. The van der Waals surface area contributed by atoms with Gasteiger partial charge in [0.05, 0.1) is 17.1 Å². The second kappa shape index (κ2) is 17.9. The number of benzene rings is 7. The molecule has 0 bridgehead atoms. The summed E-state index contributed by atoms with van der Waals surface area (Å²) in [7, 11) is 0. The molecular weight excluding hydrogens is 841 g/mol. The lowest BCUT2D eigenvalue weighted by Crippen LogP contribution is -2.59. The van der Waals surface area contributed by atoms with Gasteiger partial charge in [-0.3, -0.25) is 19.4 Å². The van der Waals surface area contributed by atoms with Crippen molar-refractivity contribution in [3.05, 3.63) is 190 Å². The van der Waals surface area contributed by atoms with Crippen molar-refractivity contribution in [3.63, 3.8) is 0 Å². The summed E-state index contributed by atoms with van der Waals surface area (Å²) < 4.78 is 13.0. The SMILES string of the molecule is Cc1ccc(OCC2CCN2Cc2ccc(C3CN(C(C)C)C3COc3ccc(C)c(C(=O)NC4(c5cccc6ccccc56)CC4)c3)cc2)cc1C(=O)NC1(c2cccc3ccccc23)CC1. The first kappa shape index (κ1) is 44.1. The van der Waals surface area contributed by atoms with E-state index in [1.54, 1.807) is 0 Å². The molecule has 346 valence electrons. The van der Waals surface area contributed by atoms with E-state index in [4.69, 9.17) is 9.47 Å². The number of aryl methyl sites for hydroxylation is 2. The first-order valence-corrected chi connectivity index (χ1v) is 24.7. The molecule has 2 heterocycles. The van der Waals surface area contributed by atoms with Gasteiger partial charge in [0.2, 0.25) is 0 Å². The van der Waals surface area contributed by atoms with Crippen molar-refractivity contribution in [2.75, 3.05) is 26.3 Å². The summed E-state index contributed by atoms with van der Waals surface area (Å²) >= 11 is 0. The van der Waals surface area contributed by atoms with Crippen LogP contribution in [-0.2, 0) is 17.6 Å². The van der Waals surface area contributed by atoms with Crippen LogP contribution in [0.2, 0.25) is 0 Å². The van der Waals surface area contributed by atoms with E-state index in [-0.39, 0.29) is 28.9 Å². The van der Waals surface area contributed by atoms with Gasteiger partial charge in [0.25, 0.3) is 11.8 Å². The molecule has 8 heteroatoms. The topological polar surface area (TPSA) is 83.1 Å². The highest BCUT2D eigenvalue weighted by atomic mass is 16.5. The Hall–Kier alpha value is -6.48. The smallest absolute Gasteiger partial charge is 0.252 e. The van der Waals surface area contributed by atoms with Gasteiger partial charge in [-0.2, -0.15) is 0 Å². The zero-order valence-corrected chi connectivity index (χ0v) is 39.8. The molecule has 2 N–H and O–H groups in total. The molecule has 0 spiro atoms. The van der Waals surface area contributed by atoms with E-state index in [0.717, 1.165) is 74.4 Å². The number of ether oxygens (including phenoxy) is 2. The molecule has 4 aliphatic rings. The van der Waals surface area contributed by atoms with E-state index in [9.17, 15) is 9.59 Å². The Morgan fingerprint density at radius 1 is 0.632 bits per heavy atom. The summed E-state index contributed by atoms with van der Waals surface area (Å²) in [6, 6.07) is 51.5. The Labute approximate surface area is 400 Å². The number of carbonyl (C=O) groups excluding carboxylic acids is 2. The molecule has 3 unspecified atom stereocenters. The van der Waals surface area contributed by atoms with Crippen molar-refractivity contribution < 1.29 is 19.1 Å². The minimum absolute atomic E-state index is 0.0499. The van der Waals surface area contributed by atoms with Gasteiger partial charge in [-0.25, -0.2) is 0 Å². The van der Waals surface area contributed by atoms with Crippen molar-refractivity contribution in [1.29, 1.82) is 0 Å². The third-order valence-electron chi connectivity index (χ3n) is 15.6. The maximum absolute atomic E-state index is 13.9. The minimum Gasteiger partial charge on any atom is -0.492 e. The third-order valence-corrected chi connectivity index (χ3v) is 15.6.